The van der Waals surface area contributed by atoms with Crippen molar-refractivity contribution in [3.8, 4) is 17.2 Å². The molecule has 1 fully saturated rings. The molecule has 9 heteroatoms. The molecule has 1 aliphatic rings. The number of ether oxygens (including phenoxy) is 3. The van der Waals surface area contributed by atoms with Crippen LogP contribution < -0.4 is 19.1 Å². The van der Waals surface area contributed by atoms with Crippen LogP contribution in [0.5, 0.6) is 17.2 Å². The third-order valence-electron chi connectivity index (χ3n) is 6.26. The number of anilines is 1. The number of hydrogen-bond acceptors (Lipinski definition) is 8. The highest BCUT2D eigenvalue weighted by Gasteiger charge is 2.48. The third kappa shape index (κ3) is 4.07. The van der Waals surface area contributed by atoms with Crippen LogP contribution in [0.4, 0.5) is 5.13 Å². The number of fused-ring (bicyclic) bond motifs is 1. The Morgan fingerprint density at radius 2 is 1.65 bits per heavy atom. The SMILES string of the molecule is COc1ccc2nc(N3C(=O)C(=O)/C(=C(/O)c4c(OC)cccc4OC)C3c3cccc(C)c3)sc2c1. The fourth-order valence-corrected chi connectivity index (χ4v) is 5.55. The van der Waals surface area contributed by atoms with E-state index in [0.29, 0.717) is 33.5 Å². The van der Waals surface area contributed by atoms with Gasteiger partial charge in [0.15, 0.2) is 5.13 Å². The van der Waals surface area contributed by atoms with E-state index in [4.69, 9.17) is 14.2 Å². The number of amides is 1. The first kappa shape index (κ1) is 24.3. The lowest BCUT2D eigenvalue weighted by molar-refractivity contribution is -0.132. The largest absolute Gasteiger partial charge is 0.506 e. The van der Waals surface area contributed by atoms with Gasteiger partial charge in [0, 0.05) is 0 Å². The highest BCUT2D eigenvalue weighted by molar-refractivity contribution is 7.22. The number of rotatable bonds is 6. The maximum atomic E-state index is 13.6. The van der Waals surface area contributed by atoms with E-state index in [0.717, 1.165) is 10.3 Å². The van der Waals surface area contributed by atoms with Crippen LogP contribution in [0.2, 0.25) is 0 Å². The lowest BCUT2D eigenvalue weighted by atomic mass is 9.94. The van der Waals surface area contributed by atoms with E-state index in [9.17, 15) is 14.7 Å². The number of aryl methyl sites for hydroxylation is 1. The van der Waals surface area contributed by atoms with Gasteiger partial charge >= 0.3 is 5.91 Å². The van der Waals surface area contributed by atoms with Crippen molar-refractivity contribution >= 4 is 44.1 Å². The number of aliphatic hydroxyl groups is 1. The quantitative estimate of drug-likeness (QED) is 0.212. The molecule has 0 bridgehead atoms. The van der Waals surface area contributed by atoms with Gasteiger partial charge in [-0.3, -0.25) is 14.5 Å². The Hall–Kier alpha value is -4.37. The zero-order valence-electron chi connectivity index (χ0n) is 20.6. The Bertz CT molecular complexity index is 1550. The van der Waals surface area contributed by atoms with Crippen LogP contribution in [0.1, 0.15) is 22.7 Å². The van der Waals surface area contributed by atoms with Gasteiger partial charge in [-0.1, -0.05) is 47.2 Å². The molecule has 1 atom stereocenters. The maximum absolute atomic E-state index is 13.6. The molecule has 0 spiro atoms. The van der Waals surface area contributed by atoms with Gasteiger partial charge in [-0.25, -0.2) is 4.98 Å². The molecule has 1 aromatic heterocycles. The number of methoxy groups -OCH3 is 3. The van der Waals surface area contributed by atoms with Gasteiger partial charge in [0.2, 0.25) is 0 Å². The normalized spacial score (nSPS) is 16.9. The van der Waals surface area contributed by atoms with Crippen LogP contribution in [-0.2, 0) is 9.59 Å². The van der Waals surface area contributed by atoms with E-state index in [2.05, 4.69) is 4.98 Å². The molecule has 8 nitrogen and oxygen atoms in total. The predicted octanol–water partition coefficient (Wildman–Crippen LogP) is 5.26. The summed E-state index contributed by atoms with van der Waals surface area (Å²) in [6.07, 6.45) is 0. The van der Waals surface area contributed by atoms with Crippen LogP contribution in [0.25, 0.3) is 16.0 Å². The average Bonchev–Trinajstić information content (AvgIpc) is 3.45. The minimum Gasteiger partial charge on any atom is -0.506 e. The van der Waals surface area contributed by atoms with Crippen molar-refractivity contribution in [1.29, 1.82) is 0 Å². The third-order valence-corrected chi connectivity index (χ3v) is 7.27. The summed E-state index contributed by atoms with van der Waals surface area (Å²) in [5.41, 5.74) is 2.38. The molecular weight excluding hydrogens is 492 g/mol. The second kappa shape index (κ2) is 9.59. The summed E-state index contributed by atoms with van der Waals surface area (Å²) in [6, 6.07) is 17.0. The van der Waals surface area contributed by atoms with Crippen LogP contribution in [0, 0.1) is 6.92 Å². The maximum Gasteiger partial charge on any atom is 0.301 e. The fourth-order valence-electron chi connectivity index (χ4n) is 4.53. The van der Waals surface area contributed by atoms with E-state index in [1.54, 1.807) is 37.4 Å². The van der Waals surface area contributed by atoms with Crippen molar-refractivity contribution in [3.63, 3.8) is 0 Å². The first-order valence-corrected chi connectivity index (χ1v) is 12.2. The molecule has 0 saturated carbocycles. The number of carbonyl (C=O) groups is 2. The van der Waals surface area contributed by atoms with Gasteiger partial charge in [0.25, 0.3) is 5.78 Å². The number of carbonyl (C=O) groups excluding carboxylic acids is 2. The Balaban J connectivity index is 1.77. The molecule has 1 unspecified atom stereocenters. The minimum atomic E-state index is -0.919. The van der Waals surface area contributed by atoms with Crippen LogP contribution >= 0.6 is 11.3 Å². The zero-order valence-corrected chi connectivity index (χ0v) is 21.5. The molecular formula is C28H24N2O6S. The number of benzene rings is 3. The van der Waals surface area contributed by atoms with Crippen molar-refractivity contribution in [2.75, 3.05) is 26.2 Å². The van der Waals surface area contributed by atoms with E-state index < -0.39 is 17.7 Å². The Morgan fingerprint density at radius 1 is 0.946 bits per heavy atom. The van der Waals surface area contributed by atoms with Crippen LogP contribution in [0.15, 0.2) is 66.2 Å². The summed E-state index contributed by atoms with van der Waals surface area (Å²) < 4.78 is 17.0. The van der Waals surface area contributed by atoms with Gasteiger partial charge in [0.05, 0.1) is 43.2 Å². The topological polar surface area (TPSA) is 98.2 Å². The molecule has 0 radical (unpaired) electrons. The van der Waals surface area contributed by atoms with E-state index in [1.807, 2.05) is 37.3 Å². The first-order chi connectivity index (χ1) is 17.9. The van der Waals surface area contributed by atoms with Crippen molar-refractivity contribution in [3.05, 3.63) is 82.9 Å². The second-order valence-corrected chi connectivity index (χ2v) is 9.46. The number of aliphatic hydroxyl groups excluding tert-OH is 1. The van der Waals surface area contributed by atoms with Crippen molar-refractivity contribution in [2.24, 2.45) is 0 Å². The number of hydrogen-bond donors (Lipinski definition) is 1. The van der Waals surface area contributed by atoms with Gasteiger partial charge in [-0.05, 0) is 42.8 Å². The molecule has 2 heterocycles. The first-order valence-electron chi connectivity index (χ1n) is 11.4. The van der Waals surface area contributed by atoms with Gasteiger partial charge in [0.1, 0.15) is 28.6 Å². The van der Waals surface area contributed by atoms with Gasteiger partial charge in [-0.15, -0.1) is 0 Å². The Labute approximate surface area is 217 Å². The smallest absolute Gasteiger partial charge is 0.301 e. The van der Waals surface area contributed by atoms with Crippen molar-refractivity contribution in [2.45, 2.75) is 13.0 Å². The summed E-state index contributed by atoms with van der Waals surface area (Å²) in [5.74, 6) is -0.731. The molecule has 1 N–H and O–H groups in total. The summed E-state index contributed by atoms with van der Waals surface area (Å²) in [5, 5.41) is 11.9. The van der Waals surface area contributed by atoms with Crippen LogP contribution in [0.3, 0.4) is 0 Å². The Kier molecular flexibility index (Phi) is 6.31. The number of nitrogens with zero attached hydrogens (tertiary/aromatic N) is 2. The number of aromatic nitrogens is 1. The Morgan fingerprint density at radius 3 is 2.30 bits per heavy atom. The lowest BCUT2D eigenvalue weighted by Crippen LogP contribution is -2.29. The minimum absolute atomic E-state index is 0.0739. The molecule has 1 saturated heterocycles. The lowest BCUT2D eigenvalue weighted by Gasteiger charge is -2.23. The van der Waals surface area contributed by atoms with Crippen molar-refractivity contribution < 1.29 is 28.9 Å². The molecule has 4 aromatic rings. The number of Topliss-reactive ketones (excluding diaryl/α,β-unsaturated/α-hetero) is 1. The molecule has 37 heavy (non-hydrogen) atoms. The fraction of sp³-hybridized carbons (Fsp3) is 0.179. The predicted molar refractivity (Wildman–Crippen MR) is 142 cm³/mol. The number of ketones is 1. The highest BCUT2D eigenvalue weighted by atomic mass is 32.1. The highest BCUT2D eigenvalue weighted by Crippen LogP contribution is 2.46. The van der Waals surface area contributed by atoms with Gasteiger partial charge in [-0.2, -0.15) is 0 Å². The van der Waals surface area contributed by atoms with E-state index >= 15 is 0 Å². The molecule has 188 valence electrons. The van der Waals surface area contributed by atoms with Crippen LogP contribution in [-0.4, -0.2) is 43.1 Å². The van der Waals surface area contributed by atoms with Gasteiger partial charge < -0.3 is 19.3 Å². The van der Waals surface area contributed by atoms with Crippen molar-refractivity contribution in [1.82, 2.24) is 4.98 Å². The van der Waals surface area contributed by atoms with E-state index in [-0.39, 0.29) is 16.9 Å². The second-order valence-electron chi connectivity index (χ2n) is 8.45. The zero-order chi connectivity index (χ0) is 26.3. The molecule has 5 rings (SSSR count). The average molecular weight is 517 g/mol. The molecule has 3 aromatic carbocycles. The summed E-state index contributed by atoms with van der Waals surface area (Å²) in [4.78, 5) is 33.1. The summed E-state index contributed by atoms with van der Waals surface area (Å²) >= 11 is 1.27. The molecule has 1 aliphatic heterocycles. The summed E-state index contributed by atoms with van der Waals surface area (Å²) in [7, 11) is 4.49. The number of thiazole rings is 1. The monoisotopic (exact) mass is 516 g/mol. The molecule has 0 aliphatic carbocycles. The molecule has 1 amide bonds. The van der Waals surface area contributed by atoms with E-state index in [1.165, 1.54) is 30.5 Å². The summed E-state index contributed by atoms with van der Waals surface area (Å²) in [6.45, 7) is 1.92. The standard InChI is InChI=1S/C28H24N2O6S/c1-15-7-5-8-16(13-15)24-23(25(31)22-19(35-3)9-6-10-20(22)36-4)26(32)27(33)30(24)28-29-18-12-11-17(34-2)14-21(18)37-28/h5-14,24,31H,1-4H3/b25-23+.